The fraction of sp³-hybridized carbons (Fsp3) is 0.833. The molecule has 27 heavy (non-hydrogen) atoms. The second kappa shape index (κ2) is 10.7. The van der Waals surface area contributed by atoms with Crippen LogP contribution < -0.4 is 9.80 Å². The Kier molecular flexibility index (Phi) is 8.62. The Bertz CT molecular complexity index is 561. The van der Waals surface area contributed by atoms with Crippen molar-refractivity contribution < 1.29 is 19.3 Å². The summed E-state index contributed by atoms with van der Waals surface area (Å²) in [6.07, 6.45) is 3.64. The van der Waals surface area contributed by atoms with Crippen LogP contribution in [-0.4, -0.2) is 67.8 Å². The van der Waals surface area contributed by atoms with Gasteiger partial charge in [-0.05, 0) is 25.7 Å². The number of hydrogen-bond acceptors (Lipinski definition) is 9. The molecular formula is C18H33N5O4. The monoisotopic (exact) mass is 383 g/mol. The first kappa shape index (κ1) is 21.7. The molecule has 1 atom stereocenters. The van der Waals surface area contributed by atoms with Gasteiger partial charge in [0.15, 0.2) is 0 Å². The smallest absolute Gasteiger partial charge is 0.234 e. The van der Waals surface area contributed by atoms with Crippen LogP contribution >= 0.6 is 0 Å². The number of ether oxygens (including phenoxy) is 3. The van der Waals surface area contributed by atoms with E-state index in [4.69, 9.17) is 19.2 Å². The van der Waals surface area contributed by atoms with Crippen molar-refractivity contribution in [1.82, 2.24) is 15.0 Å². The van der Waals surface area contributed by atoms with Crippen molar-refractivity contribution >= 4 is 11.9 Å². The first-order valence-electron chi connectivity index (χ1n) is 9.42. The van der Waals surface area contributed by atoms with Crippen LogP contribution in [0.15, 0.2) is 0 Å². The zero-order valence-corrected chi connectivity index (χ0v) is 17.1. The maximum Gasteiger partial charge on any atom is 0.234 e. The summed E-state index contributed by atoms with van der Waals surface area (Å²) in [6, 6.07) is 0. The van der Waals surface area contributed by atoms with E-state index in [-0.39, 0.29) is 26.1 Å². The molecule has 154 valence electrons. The van der Waals surface area contributed by atoms with E-state index in [1.807, 2.05) is 0 Å². The molecule has 0 spiro atoms. The van der Waals surface area contributed by atoms with Gasteiger partial charge >= 0.3 is 0 Å². The highest BCUT2D eigenvalue weighted by molar-refractivity contribution is 5.39. The predicted octanol–water partition coefficient (Wildman–Crippen LogP) is 1.93. The Morgan fingerprint density at radius 1 is 0.926 bits per heavy atom. The van der Waals surface area contributed by atoms with E-state index in [1.165, 1.54) is 12.8 Å². The molecule has 9 heteroatoms. The van der Waals surface area contributed by atoms with Crippen LogP contribution in [0.5, 0.6) is 0 Å². The largest absolute Gasteiger partial charge is 0.374 e. The van der Waals surface area contributed by atoms with Crippen molar-refractivity contribution in [1.29, 1.82) is 0 Å². The molecule has 1 aromatic heterocycles. The standard InChI is InChI=1S/C18H33N5O4/c1-13-6-8-15(9-7-13)16-19-17(22(10-25-3)11-26-4)21-18(20-16)23(12-27-5)14(2)24/h13-15,24H,6-12H2,1-5H3. The van der Waals surface area contributed by atoms with Crippen molar-refractivity contribution in [3.8, 4) is 0 Å². The minimum Gasteiger partial charge on any atom is -0.374 e. The Labute approximate surface area is 161 Å². The second-order valence-corrected chi connectivity index (χ2v) is 7.15. The Balaban J connectivity index is 2.42. The molecule has 9 nitrogen and oxygen atoms in total. The third-order valence-electron chi connectivity index (χ3n) is 4.84. The molecule has 1 unspecified atom stereocenters. The van der Waals surface area contributed by atoms with Crippen molar-refractivity contribution in [3.05, 3.63) is 5.82 Å². The van der Waals surface area contributed by atoms with Crippen LogP contribution in [0.2, 0.25) is 0 Å². The molecule has 1 aliphatic rings. The normalized spacial score (nSPS) is 21.1. The number of hydrogen-bond donors (Lipinski definition) is 1. The van der Waals surface area contributed by atoms with E-state index in [0.29, 0.717) is 11.9 Å². The number of anilines is 2. The van der Waals surface area contributed by atoms with Gasteiger partial charge in [0.05, 0.1) is 0 Å². The van der Waals surface area contributed by atoms with E-state index < -0.39 is 6.23 Å². The summed E-state index contributed by atoms with van der Waals surface area (Å²) in [4.78, 5) is 17.3. The molecule has 0 amide bonds. The predicted molar refractivity (Wildman–Crippen MR) is 102 cm³/mol. The lowest BCUT2D eigenvalue weighted by molar-refractivity contribution is 0.121. The molecule has 1 fully saturated rings. The SMILES string of the molecule is COCN(COC)c1nc(C2CCC(C)CC2)nc(N(COC)C(C)O)n1. The quantitative estimate of drug-likeness (QED) is 0.608. The molecule has 0 saturated heterocycles. The number of nitrogens with zero attached hydrogens (tertiary/aromatic N) is 5. The van der Waals surface area contributed by atoms with E-state index >= 15 is 0 Å². The highest BCUT2D eigenvalue weighted by Crippen LogP contribution is 2.35. The zero-order valence-electron chi connectivity index (χ0n) is 17.1. The van der Waals surface area contributed by atoms with Gasteiger partial charge in [-0.2, -0.15) is 15.0 Å². The minimum absolute atomic E-state index is 0.177. The minimum atomic E-state index is -0.794. The van der Waals surface area contributed by atoms with Gasteiger partial charge in [-0.1, -0.05) is 19.8 Å². The molecule has 1 saturated carbocycles. The number of aliphatic hydroxyl groups is 1. The maximum absolute atomic E-state index is 10.2. The van der Waals surface area contributed by atoms with E-state index in [1.54, 1.807) is 38.1 Å². The lowest BCUT2D eigenvalue weighted by Crippen LogP contribution is -2.37. The third-order valence-corrected chi connectivity index (χ3v) is 4.84. The van der Waals surface area contributed by atoms with Gasteiger partial charge in [-0.25, -0.2) is 0 Å². The molecule has 2 rings (SSSR count). The Hall–Kier alpha value is -1.55. The van der Waals surface area contributed by atoms with E-state index in [0.717, 1.165) is 24.6 Å². The van der Waals surface area contributed by atoms with Crippen molar-refractivity contribution in [2.45, 2.75) is 51.7 Å². The van der Waals surface area contributed by atoms with Crippen molar-refractivity contribution in [3.63, 3.8) is 0 Å². The molecular weight excluding hydrogens is 350 g/mol. The summed E-state index contributed by atoms with van der Waals surface area (Å²) < 4.78 is 15.7. The first-order valence-corrected chi connectivity index (χ1v) is 9.42. The number of rotatable bonds is 10. The lowest BCUT2D eigenvalue weighted by Gasteiger charge is -2.29. The summed E-state index contributed by atoms with van der Waals surface area (Å²) in [5, 5.41) is 10.2. The fourth-order valence-electron chi connectivity index (χ4n) is 3.28. The molecule has 1 aliphatic carbocycles. The lowest BCUT2D eigenvalue weighted by atomic mass is 9.82. The van der Waals surface area contributed by atoms with Gasteiger partial charge in [0, 0.05) is 27.2 Å². The van der Waals surface area contributed by atoms with Crippen molar-refractivity contribution in [2.24, 2.45) is 5.92 Å². The maximum atomic E-state index is 10.2. The van der Waals surface area contributed by atoms with Crippen LogP contribution in [0.4, 0.5) is 11.9 Å². The Morgan fingerprint density at radius 3 is 2.00 bits per heavy atom. The Morgan fingerprint density at radius 2 is 1.48 bits per heavy atom. The average molecular weight is 383 g/mol. The van der Waals surface area contributed by atoms with Crippen LogP contribution in [0.1, 0.15) is 51.3 Å². The number of methoxy groups -OCH3 is 3. The third kappa shape index (κ3) is 5.97. The highest BCUT2D eigenvalue weighted by atomic mass is 16.5. The summed E-state index contributed by atoms with van der Waals surface area (Å²) in [5.41, 5.74) is 0. The molecule has 0 bridgehead atoms. The van der Waals surface area contributed by atoms with E-state index in [2.05, 4.69) is 16.9 Å². The topological polar surface area (TPSA) is 93.1 Å². The van der Waals surface area contributed by atoms with Crippen LogP contribution in [0, 0.1) is 5.92 Å². The summed E-state index contributed by atoms with van der Waals surface area (Å²) in [6.45, 7) is 4.70. The zero-order chi connectivity index (χ0) is 19.8. The highest BCUT2D eigenvalue weighted by Gasteiger charge is 2.26. The average Bonchev–Trinajstić information content (AvgIpc) is 2.66. The summed E-state index contributed by atoms with van der Waals surface area (Å²) in [7, 11) is 4.80. The van der Waals surface area contributed by atoms with Gasteiger partial charge in [-0.3, -0.25) is 9.80 Å². The first-order chi connectivity index (χ1) is 13.0. The molecule has 0 radical (unpaired) electrons. The number of aromatic nitrogens is 3. The van der Waals surface area contributed by atoms with Gasteiger partial charge in [0.2, 0.25) is 11.9 Å². The van der Waals surface area contributed by atoms with Crippen LogP contribution in [-0.2, 0) is 14.2 Å². The fourth-order valence-corrected chi connectivity index (χ4v) is 3.28. The molecule has 1 aromatic rings. The van der Waals surface area contributed by atoms with Crippen molar-refractivity contribution in [2.75, 3.05) is 51.3 Å². The van der Waals surface area contributed by atoms with Gasteiger partial charge < -0.3 is 19.3 Å². The second-order valence-electron chi connectivity index (χ2n) is 7.15. The van der Waals surface area contributed by atoms with Gasteiger partial charge in [0.1, 0.15) is 32.2 Å². The summed E-state index contributed by atoms with van der Waals surface area (Å²) in [5.74, 6) is 2.64. The van der Waals surface area contributed by atoms with Crippen LogP contribution in [0.25, 0.3) is 0 Å². The molecule has 1 heterocycles. The van der Waals surface area contributed by atoms with Gasteiger partial charge in [0.25, 0.3) is 0 Å². The molecule has 1 N–H and O–H groups in total. The molecule has 0 aliphatic heterocycles. The number of aliphatic hydroxyl groups excluding tert-OH is 1. The van der Waals surface area contributed by atoms with Gasteiger partial charge in [-0.15, -0.1) is 0 Å². The van der Waals surface area contributed by atoms with Crippen LogP contribution in [0.3, 0.4) is 0 Å². The van der Waals surface area contributed by atoms with E-state index in [9.17, 15) is 5.11 Å². The molecule has 0 aromatic carbocycles. The summed E-state index contributed by atoms with van der Waals surface area (Å²) >= 11 is 0.